The van der Waals surface area contributed by atoms with E-state index >= 15 is 0 Å². The summed E-state index contributed by atoms with van der Waals surface area (Å²) in [5.41, 5.74) is 5.55. The molecule has 0 aliphatic rings. The number of imidazole rings is 1. The minimum absolute atomic E-state index is 0.0604. The number of amides is 1. The van der Waals surface area contributed by atoms with E-state index in [0.717, 1.165) is 34.0 Å². The average Bonchev–Trinajstić information content (AvgIpc) is 3.40. The molecule has 0 spiro atoms. The fourth-order valence-electron chi connectivity index (χ4n) is 4.11. The van der Waals surface area contributed by atoms with Crippen molar-refractivity contribution in [1.29, 1.82) is 5.26 Å². The van der Waals surface area contributed by atoms with Gasteiger partial charge in [0.15, 0.2) is 5.65 Å². The zero-order valence-corrected chi connectivity index (χ0v) is 19.3. The maximum absolute atomic E-state index is 12.7. The van der Waals surface area contributed by atoms with E-state index in [1.54, 1.807) is 4.52 Å². The molecule has 8 nitrogen and oxygen atoms in total. The molecule has 3 aromatic heterocycles. The van der Waals surface area contributed by atoms with Gasteiger partial charge in [-0.15, -0.1) is 0 Å². The van der Waals surface area contributed by atoms with Crippen LogP contribution in [0.15, 0.2) is 42.9 Å². The predicted octanol–water partition coefficient (Wildman–Crippen LogP) is 4.16. The Balaban J connectivity index is 1.43. The van der Waals surface area contributed by atoms with Gasteiger partial charge in [-0.1, -0.05) is 26.0 Å². The smallest absolute Gasteiger partial charge is 0.224 e. The van der Waals surface area contributed by atoms with Crippen molar-refractivity contribution in [3.05, 3.63) is 76.8 Å². The number of hydrogen-bond donors (Lipinski definition) is 1. The van der Waals surface area contributed by atoms with Crippen molar-refractivity contribution in [2.24, 2.45) is 0 Å². The zero-order chi connectivity index (χ0) is 23.5. The van der Waals surface area contributed by atoms with Gasteiger partial charge in [0.1, 0.15) is 17.5 Å². The standard InChI is InChI=1S/C25H27N7O/c1-16(2)24-27-10-11-31(24)15-19-6-5-7-21(12-19)30-23(33)9-8-22-17(3)29-25-20(13-26)14-28-32(25)18(22)4/h5-7,10-12,14,16H,8-9,15H2,1-4H3,(H,30,33). The first kappa shape index (κ1) is 22.2. The van der Waals surface area contributed by atoms with Crippen molar-refractivity contribution < 1.29 is 4.79 Å². The van der Waals surface area contributed by atoms with Crippen molar-refractivity contribution in [2.45, 2.75) is 53.0 Å². The van der Waals surface area contributed by atoms with E-state index in [-0.39, 0.29) is 5.91 Å². The highest BCUT2D eigenvalue weighted by molar-refractivity contribution is 5.90. The van der Waals surface area contributed by atoms with E-state index < -0.39 is 0 Å². The van der Waals surface area contributed by atoms with Gasteiger partial charge >= 0.3 is 0 Å². The Labute approximate surface area is 192 Å². The summed E-state index contributed by atoms with van der Waals surface area (Å²) in [7, 11) is 0. The van der Waals surface area contributed by atoms with E-state index in [1.807, 2.05) is 50.5 Å². The third-order valence-corrected chi connectivity index (χ3v) is 5.76. The van der Waals surface area contributed by atoms with Crippen LogP contribution in [-0.4, -0.2) is 30.1 Å². The number of hydrogen-bond acceptors (Lipinski definition) is 5. The van der Waals surface area contributed by atoms with Gasteiger partial charge in [0.05, 0.1) is 6.20 Å². The van der Waals surface area contributed by atoms with Gasteiger partial charge in [0, 0.05) is 48.4 Å². The number of nitrogens with zero attached hydrogens (tertiary/aromatic N) is 6. The van der Waals surface area contributed by atoms with Crippen LogP contribution in [0.3, 0.4) is 0 Å². The molecule has 0 aliphatic carbocycles. The number of aromatic nitrogens is 5. The fourth-order valence-corrected chi connectivity index (χ4v) is 4.11. The highest BCUT2D eigenvalue weighted by Gasteiger charge is 2.15. The lowest BCUT2D eigenvalue weighted by Crippen LogP contribution is -2.14. The molecule has 8 heteroatoms. The summed E-state index contributed by atoms with van der Waals surface area (Å²) in [6, 6.07) is 10.0. The van der Waals surface area contributed by atoms with Gasteiger partial charge in [-0.25, -0.2) is 14.5 Å². The number of anilines is 1. The molecule has 1 N–H and O–H groups in total. The Bertz CT molecular complexity index is 1360. The molecule has 0 aliphatic heterocycles. The van der Waals surface area contributed by atoms with Gasteiger partial charge in [-0.05, 0) is 43.5 Å². The molecule has 0 atom stereocenters. The van der Waals surface area contributed by atoms with Crippen molar-refractivity contribution in [3.8, 4) is 6.07 Å². The number of benzene rings is 1. The number of carbonyl (C=O) groups is 1. The molecule has 0 saturated heterocycles. The molecule has 4 rings (SSSR count). The summed E-state index contributed by atoms with van der Waals surface area (Å²) >= 11 is 0. The molecule has 0 bridgehead atoms. The van der Waals surface area contributed by atoms with Crippen LogP contribution in [0.5, 0.6) is 0 Å². The van der Waals surface area contributed by atoms with Gasteiger partial charge in [0.2, 0.25) is 5.91 Å². The normalized spacial score (nSPS) is 11.2. The van der Waals surface area contributed by atoms with Gasteiger partial charge in [0.25, 0.3) is 0 Å². The van der Waals surface area contributed by atoms with Crippen molar-refractivity contribution in [2.75, 3.05) is 5.32 Å². The van der Waals surface area contributed by atoms with Crippen molar-refractivity contribution in [3.63, 3.8) is 0 Å². The lowest BCUT2D eigenvalue weighted by molar-refractivity contribution is -0.116. The SMILES string of the molecule is Cc1nc2c(C#N)cnn2c(C)c1CCC(=O)Nc1cccc(Cn2ccnc2C(C)C)c1. The maximum Gasteiger partial charge on any atom is 0.224 e. The largest absolute Gasteiger partial charge is 0.330 e. The van der Waals surface area contributed by atoms with E-state index in [1.165, 1.54) is 6.20 Å². The number of aryl methyl sites for hydroxylation is 2. The number of rotatable bonds is 7. The van der Waals surface area contributed by atoms with Crippen LogP contribution in [0.25, 0.3) is 5.65 Å². The summed E-state index contributed by atoms with van der Waals surface area (Å²) in [6.45, 7) is 8.80. The minimum atomic E-state index is -0.0604. The third kappa shape index (κ3) is 4.62. The van der Waals surface area contributed by atoms with Crippen LogP contribution in [0, 0.1) is 25.2 Å². The number of carbonyl (C=O) groups excluding carboxylic acids is 1. The first-order valence-electron chi connectivity index (χ1n) is 11.0. The third-order valence-electron chi connectivity index (χ3n) is 5.76. The quantitative estimate of drug-likeness (QED) is 0.464. The van der Waals surface area contributed by atoms with E-state index in [0.29, 0.717) is 36.5 Å². The molecule has 1 amide bonds. The first-order chi connectivity index (χ1) is 15.9. The second-order valence-electron chi connectivity index (χ2n) is 8.48. The van der Waals surface area contributed by atoms with Crippen LogP contribution in [0.1, 0.15) is 60.1 Å². The summed E-state index contributed by atoms with van der Waals surface area (Å²) in [6.07, 6.45) is 6.19. The Morgan fingerprint density at radius 3 is 2.85 bits per heavy atom. The second-order valence-corrected chi connectivity index (χ2v) is 8.48. The summed E-state index contributed by atoms with van der Waals surface area (Å²) in [5.74, 6) is 1.33. The van der Waals surface area contributed by atoms with Crippen molar-refractivity contribution >= 4 is 17.2 Å². The molecule has 33 heavy (non-hydrogen) atoms. The Kier molecular flexibility index (Phi) is 6.22. The molecule has 3 heterocycles. The number of nitrogens with one attached hydrogen (secondary N) is 1. The van der Waals surface area contributed by atoms with Crippen LogP contribution in [-0.2, 0) is 17.8 Å². The molecular weight excluding hydrogens is 414 g/mol. The first-order valence-corrected chi connectivity index (χ1v) is 11.0. The van der Waals surface area contributed by atoms with Crippen LogP contribution in [0.2, 0.25) is 0 Å². The molecule has 0 unspecified atom stereocenters. The van der Waals surface area contributed by atoms with E-state index in [2.05, 4.69) is 44.9 Å². The number of fused-ring (bicyclic) bond motifs is 1. The molecular formula is C25H27N7O. The zero-order valence-electron chi connectivity index (χ0n) is 19.3. The van der Waals surface area contributed by atoms with Crippen LogP contribution in [0.4, 0.5) is 5.69 Å². The monoisotopic (exact) mass is 441 g/mol. The lowest BCUT2D eigenvalue weighted by atomic mass is 10.1. The summed E-state index contributed by atoms with van der Waals surface area (Å²) in [5, 5.41) is 16.5. The second kappa shape index (κ2) is 9.25. The number of nitriles is 1. The van der Waals surface area contributed by atoms with Gasteiger partial charge < -0.3 is 9.88 Å². The Morgan fingerprint density at radius 1 is 1.27 bits per heavy atom. The van der Waals surface area contributed by atoms with Crippen LogP contribution >= 0.6 is 0 Å². The average molecular weight is 442 g/mol. The van der Waals surface area contributed by atoms with Gasteiger partial charge in [-0.3, -0.25) is 4.79 Å². The summed E-state index contributed by atoms with van der Waals surface area (Å²) < 4.78 is 3.80. The highest BCUT2D eigenvalue weighted by atomic mass is 16.1. The Morgan fingerprint density at radius 2 is 2.09 bits per heavy atom. The maximum atomic E-state index is 12.7. The van der Waals surface area contributed by atoms with Crippen LogP contribution < -0.4 is 5.32 Å². The van der Waals surface area contributed by atoms with Gasteiger partial charge in [-0.2, -0.15) is 10.4 Å². The molecule has 1 aromatic carbocycles. The molecule has 168 valence electrons. The van der Waals surface area contributed by atoms with E-state index in [9.17, 15) is 10.1 Å². The summed E-state index contributed by atoms with van der Waals surface area (Å²) in [4.78, 5) is 21.7. The van der Waals surface area contributed by atoms with Crippen molar-refractivity contribution in [1.82, 2.24) is 24.1 Å². The van der Waals surface area contributed by atoms with E-state index in [4.69, 9.17) is 0 Å². The molecule has 0 radical (unpaired) electrons. The fraction of sp³-hybridized carbons (Fsp3) is 0.320. The highest BCUT2D eigenvalue weighted by Crippen LogP contribution is 2.20. The minimum Gasteiger partial charge on any atom is -0.330 e. The Hall–Kier alpha value is -3.99. The molecule has 0 saturated carbocycles. The predicted molar refractivity (Wildman–Crippen MR) is 126 cm³/mol. The molecule has 4 aromatic rings. The lowest BCUT2D eigenvalue weighted by Gasteiger charge is -2.13. The molecule has 0 fully saturated rings. The topological polar surface area (TPSA) is 101 Å².